The molecule has 0 saturated carbocycles. The van der Waals surface area contributed by atoms with E-state index in [1.54, 1.807) is 48.3 Å². The quantitative estimate of drug-likeness (QED) is 0.447. The number of ether oxygens (including phenoxy) is 1. The lowest BCUT2D eigenvalue weighted by atomic mass is 10.2. The molecule has 1 aromatic carbocycles. The van der Waals surface area contributed by atoms with Crippen molar-refractivity contribution in [3.8, 4) is 17.2 Å². The predicted molar refractivity (Wildman–Crippen MR) is 109 cm³/mol. The van der Waals surface area contributed by atoms with E-state index in [1.165, 1.54) is 6.07 Å². The van der Waals surface area contributed by atoms with Crippen molar-refractivity contribution in [1.29, 1.82) is 0 Å². The number of thiophene rings is 1. The van der Waals surface area contributed by atoms with Crippen LogP contribution in [0.15, 0.2) is 75.9 Å². The van der Waals surface area contributed by atoms with Crippen LogP contribution in [0.3, 0.4) is 0 Å². The Bertz CT molecular complexity index is 1320. The van der Waals surface area contributed by atoms with Gasteiger partial charge in [-0.3, -0.25) is 9.78 Å². The van der Waals surface area contributed by atoms with Gasteiger partial charge in [0.25, 0.3) is 0 Å². The average Bonchev–Trinajstić information content (AvgIpc) is 3.39. The third-order valence-electron chi connectivity index (χ3n) is 4.47. The summed E-state index contributed by atoms with van der Waals surface area (Å²) in [5.74, 6) is 1.09. The number of hydrogen-bond acceptors (Lipinski definition) is 6. The molecule has 0 spiro atoms. The van der Waals surface area contributed by atoms with Crippen LogP contribution < -0.4 is 10.2 Å². The van der Waals surface area contributed by atoms with Crippen molar-refractivity contribution < 1.29 is 9.15 Å². The molecule has 0 bridgehead atoms. The molecule has 0 saturated heterocycles. The molecular weight excluding hydrogens is 374 g/mol. The first kappa shape index (κ1) is 16.7. The number of nitrogens with zero attached hydrogens (tertiary/aromatic N) is 3. The van der Waals surface area contributed by atoms with E-state index in [2.05, 4.69) is 9.97 Å². The molecule has 0 aliphatic heterocycles. The summed E-state index contributed by atoms with van der Waals surface area (Å²) in [7, 11) is 0. The molecule has 7 heteroatoms. The SMILES string of the molecule is O=c1cc(-c2cc3sccc3cn2)oc2ccc(OCCn3ccnc3)cc12. The normalized spacial score (nSPS) is 11.3. The topological polar surface area (TPSA) is 70.2 Å². The molecule has 4 heterocycles. The summed E-state index contributed by atoms with van der Waals surface area (Å²) < 4.78 is 14.7. The number of aromatic nitrogens is 3. The number of benzene rings is 1. The lowest BCUT2D eigenvalue weighted by molar-refractivity contribution is 0.298. The fourth-order valence-corrected chi connectivity index (χ4v) is 3.83. The van der Waals surface area contributed by atoms with Gasteiger partial charge in [-0.2, -0.15) is 0 Å². The minimum Gasteiger partial charge on any atom is -0.492 e. The highest BCUT2D eigenvalue weighted by Crippen LogP contribution is 2.27. The molecule has 0 amide bonds. The Balaban J connectivity index is 1.43. The van der Waals surface area contributed by atoms with E-state index in [0.29, 0.717) is 41.3 Å². The maximum atomic E-state index is 12.6. The Kier molecular flexibility index (Phi) is 4.14. The van der Waals surface area contributed by atoms with Crippen LogP contribution in [0, 0.1) is 0 Å². The van der Waals surface area contributed by atoms with Crippen molar-refractivity contribution >= 4 is 32.4 Å². The molecule has 4 aromatic heterocycles. The molecule has 28 heavy (non-hydrogen) atoms. The van der Waals surface area contributed by atoms with E-state index < -0.39 is 0 Å². The minimum absolute atomic E-state index is 0.121. The van der Waals surface area contributed by atoms with Crippen molar-refractivity contribution in [2.24, 2.45) is 0 Å². The summed E-state index contributed by atoms with van der Waals surface area (Å²) in [5.41, 5.74) is 1.04. The van der Waals surface area contributed by atoms with Crippen LogP contribution in [-0.4, -0.2) is 21.1 Å². The highest BCUT2D eigenvalue weighted by Gasteiger charge is 2.10. The van der Waals surface area contributed by atoms with Crippen LogP contribution in [0.2, 0.25) is 0 Å². The number of hydrogen-bond donors (Lipinski definition) is 0. The van der Waals surface area contributed by atoms with E-state index in [9.17, 15) is 4.79 Å². The molecule has 6 nitrogen and oxygen atoms in total. The molecule has 138 valence electrons. The molecule has 0 atom stereocenters. The van der Waals surface area contributed by atoms with Gasteiger partial charge in [0.2, 0.25) is 0 Å². The van der Waals surface area contributed by atoms with Crippen molar-refractivity contribution in [2.75, 3.05) is 6.61 Å². The molecule has 0 unspecified atom stereocenters. The minimum atomic E-state index is -0.121. The second-order valence-corrected chi connectivity index (χ2v) is 7.26. The predicted octanol–water partition coefficient (Wildman–Crippen LogP) is 4.35. The van der Waals surface area contributed by atoms with Gasteiger partial charge in [-0.15, -0.1) is 11.3 Å². The van der Waals surface area contributed by atoms with Gasteiger partial charge in [-0.1, -0.05) is 0 Å². The van der Waals surface area contributed by atoms with E-state index in [1.807, 2.05) is 28.3 Å². The lowest BCUT2D eigenvalue weighted by Gasteiger charge is -2.08. The lowest BCUT2D eigenvalue weighted by Crippen LogP contribution is -2.07. The monoisotopic (exact) mass is 389 g/mol. The Hall–Kier alpha value is -3.45. The number of rotatable bonds is 5. The van der Waals surface area contributed by atoms with E-state index in [-0.39, 0.29) is 5.43 Å². The van der Waals surface area contributed by atoms with E-state index in [0.717, 1.165) is 10.1 Å². The summed E-state index contributed by atoms with van der Waals surface area (Å²) in [6.45, 7) is 1.17. The molecule has 5 aromatic rings. The van der Waals surface area contributed by atoms with Crippen LogP contribution in [0.25, 0.3) is 32.5 Å². The number of fused-ring (bicyclic) bond motifs is 2. The first-order valence-corrected chi connectivity index (χ1v) is 9.64. The Morgan fingerprint density at radius 3 is 3.04 bits per heavy atom. The number of imidazole rings is 1. The highest BCUT2D eigenvalue weighted by atomic mass is 32.1. The fourth-order valence-electron chi connectivity index (χ4n) is 3.03. The summed E-state index contributed by atoms with van der Waals surface area (Å²) in [5, 5.41) is 3.58. The Labute approximate surface area is 163 Å². The summed E-state index contributed by atoms with van der Waals surface area (Å²) in [6, 6.07) is 10.7. The van der Waals surface area contributed by atoms with Crippen molar-refractivity contribution in [3.63, 3.8) is 0 Å². The van der Waals surface area contributed by atoms with Gasteiger partial charge in [-0.05, 0) is 35.7 Å². The van der Waals surface area contributed by atoms with Crippen LogP contribution in [0.5, 0.6) is 5.75 Å². The molecule has 0 fully saturated rings. The van der Waals surface area contributed by atoms with Crippen LogP contribution in [0.1, 0.15) is 0 Å². The van der Waals surface area contributed by atoms with Crippen molar-refractivity contribution in [1.82, 2.24) is 14.5 Å². The first-order valence-electron chi connectivity index (χ1n) is 8.76. The van der Waals surface area contributed by atoms with Gasteiger partial charge in [0.1, 0.15) is 23.6 Å². The smallest absolute Gasteiger partial charge is 0.193 e. The fraction of sp³-hybridized carbons (Fsp3) is 0.0952. The first-order chi connectivity index (χ1) is 13.8. The standard InChI is InChI=1S/C21H15N3O3S/c25-18-11-20(17-10-21-14(12-23-17)3-8-28-21)27-19-2-1-15(9-16(18)19)26-7-6-24-5-4-22-13-24/h1-5,8-13H,6-7H2. The average molecular weight is 389 g/mol. The highest BCUT2D eigenvalue weighted by molar-refractivity contribution is 7.17. The van der Waals surface area contributed by atoms with Gasteiger partial charge < -0.3 is 13.7 Å². The summed E-state index contributed by atoms with van der Waals surface area (Å²) in [6.07, 6.45) is 7.13. The zero-order valence-corrected chi connectivity index (χ0v) is 15.6. The third-order valence-corrected chi connectivity index (χ3v) is 5.35. The number of pyridine rings is 1. The van der Waals surface area contributed by atoms with Crippen molar-refractivity contribution in [2.45, 2.75) is 6.54 Å². The van der Waals surface area contributed by atoms with Gasteiger partial charge in [-0.25, -0.2) is 4.98 Å². The Morgan fingerprint density at radius 2 is 2.14 bits per heavy atom. The molecular formula is C21H15N3O3S. The van der Waals surface area contributed by atoms with E-state index in [4.69, 9.17) is 9.15 Å². The molecule has 0 N–H and O–H groups in total. The second kappa shape index (κ2) is 6.94. The summed E-state index contributed by atoms with van der Waals surface area (Å²) in [4.78, 5) is 21.1. The van der Waals surface area contributed by atoms with Gasteiger partial charge >= 0.3 is 0 Å². The molecule has 0 aliphatic rings. The zero-order valence-electron chi connectivity index (χ0n) is 14.7. The molecule has 0 aliphatic carbocycles. The van der Waals surface area contributed by atoms with Crippen molar-refractivity contribution in [3.05, 3.63) is 76.9 Å². The molecule has 5 rings (SSSR count). The second-order valence-electron chi connectivity index (χ2n) is 6.31. The third kappa shape index (κ3) is 3.16. The zero-order chi connectivity index (χ0) is 18.9. The van der Waals surface area contributed by atoms with Crippen LogP contribution in [0.4, 0.5) is 0 Å². The van der Waals surface area contributed by atoms with Crippen LogP contribution in [-0.2, 0) is 6.54 Å². The van der Waals surface area contributed by atoms with E-state index >= 15 is 0 Å². The van der Waals surface area contributed by atoms with Gasteiger partial charge in [0.05, 0.1) is 18.3 Å². The largest absolute Gasteiger partial charge is 0.492 e. The van der Waals surface area contributed by atoms with Gasteiger partial charge in [0, 0.05) is 34.7 Å². The van der Waals surface area contributed by atoms with Crippen LogP contribution >= 0.6 is 11.3 Å². The molecule has 0 radical (unpaired) electrons. The summed E-state index contributed by atoms with van der Waals surface area (Å²) >= 11 is 1.63. The Morgan fingerprint density at radius 1 is 1.18 bits per heavy atom. The van der Waals surface area contributed by atoms with Gasteiger partial charge in [0.15, 0.2) is 11.2 Å². The maximum Gasteiger partial charge on any atom is 0.193 e. The maximum absolute atomic E-state index is 12.6.